The Bertz CT molecular complexity index is 607. The predicted molar refractivity (Wildman–Crippen MR) is 107 cm³/mol. The molecule has 26 heavy (non-hydrogen) atoms. The van der Waals surface area contributed by atoms with Crippen molar-refractivity contribution in [1.82, 2.24) is 0 Å². The van der Waals surface area contributed by atoms with Crippen molar-refractivity contribution >= 4 is 0 Å². The molecule has 4 aliphatic rings. The molecule has 2 heteroatoms. The second-order valence-corrected chi connectivity index (χ2v) is 10.5. The standard InChI is InChI=1S/C24H38O2/c1-8-13-24(7)16(9-2)20-21(26-22(4,5)25-20)19-17-11-10-15(3)23(17,6)14-12-18(19)24/h9,16-21H,2-3,8,10-14H2,1,4-7H3/t16?,17?,18?,19?,20-,21-,23-,24+/m1/s1. The maximum absolute atomic E-state index is 6.61. The molecule has 0 aromatic carbocycles. The summed E-state index contributed by atoms with van der Waals surface area (Å²) < 4.78 is 13.2. The van der Waals surface area contributed by atoms with Crippen LogP contribution in [-0.2, 0) is 9.47 Å². The van der Waals surface area contributed by atoms with E-state index >= 15 is 0 Å². The molecule has 4 unspecified atom stereocenters. The van der Waals surface area contributed by atoms with E-state index in [1.165, 1.54) is 44.1 Å². The number of fused-ring (bicyclic) bond motifs is 5. The minimum absolute atomic E-state index is 0.150. The van der Waals surface area contributed by atoms with Crippen LogP contribution in [0.2, 0.25) is 0 Å². The third-order valence-electron chi connectivity index (χ3n) is 8.84. The molecule has 1 heterocycles. The van der Waals surface area contributed by atoms with Gasteiger partial charge in [-0.1, -0.05) is 45.4 Å². The lowest BCUT2D eigenvalue weighted by atomic mass is 9.45. The van der Waals surface area contributed by atoms with Crippen molar-refractivity contribution in [2.24, 2.45) is 34.5 Å². The first-order valence-corrected chi connectivity index (χ1v) is 10.8. The summed E-state index contributed by atoms with van der Waals surface area (Å²) in [7, 11) is 0. The van der Waals surface area contributed by atoms with Gasteiger partial charge in [0.1, 0.15) is 0 Å². The summed E-state index contributed by atoms with van der Waals surface area (Å²) in [6.07, 6.45) is 10.1. The second-order valence-electron chi connectivity index (χ2n) is 10.5. The van der Waals surface area contributed by atoms with Crippen LogP contribution in [0.4, 0.5) is 0 Å². The first kappa shape index (κ1) is 18.7. The lowest BCUT2D eigenvalue weighted by Gasteiger charge is -2.60. The molecule has 0 N–H and O–H groups in total. The molecule has 3 aliphatic carbocycles. The highest BCUT2D eigenvalue weighted by Gasteiger charge is 2.66. The minimum Gasteiger partial charge on any atom is -0.344 e. The van der Waals surface area contributed by atoms with Gasteiger partial charge in [-0.3, -0.25) is 0 Å². The Morgan fingerprint density at radius 2 is 1.77 bits per heavy atom. The Hall–Kier alpha value is -0.600. The fraction of sp³-hybridized carbons (Fsp3) is 0.833. The average Bonchev–Trinajstić information content (AvgIpc) is 3.04. The van der Waals surface area contributed by atoms with Crippen LogP contribution in [0, 0.1) is 34.5 Å². The monoisotopic (exact) mass is 358 g/mol. The summed E-state index contributed by atoms with van der Waals surface area (Å²) in [6, 6.07) is 0. The van der Waals surface area contributed by atoms with E-state index in [9.17, 15) is 0 Å². The van der Waals surface area contributed by atoms with Gasteiger partial charge in [0.15, 0.2) is 5.79 Å². The molecule has 0 bridgehead atoms. The van der Waals surface area contributed by atoms with Crippen LogP contribution in [-0.4, -0.2) is 18.0 Å². The van der Waals surface area contributed by atoms with E-state index in [1.54, 1.807) is 0 Å². The molecular weight excluding hydrogens is 320 g/mol. The van der Waals surface area contributed by atoms with Gasteiger partial charge in [-0.25, -0.2) is 0 Å². The molecule has 4 rings (SSSR count). The highest BCUT2D eigenvalue weighted by Crippen LogP contribution is 2.67. The van der Waals surface area contributed by atoms with Gasteiger partial charge in [-0.05, 0) is 74.5 Å². The van der Waals surface area contributed by atoms with E-state index in [0.29, 0.717) is 29.1 Å². The number of allylic oxidation sites excluding steroid dienone is 1. The summed E-state index contributed by atoms with van der Waals surface area (Å²) >= 11 is 0. The zero-order valence-corrected chi connectivity index (χ0v) is 17.5. The molecule has 146 valence electrons. The Balaban J connectivity index is 1.81. The van der Waals surface area contributed by atoms with Crippen molar-refractivity contribution in [3.8, 4) is 0 Å². The van der Waals surface area contributed by atoms with Crippen LogP contribution in [0.3, 0.4) is 0 Å². The highest BCUT2D eigenvalue weighted by atomic mass is 16.8. The van der Waals surface area contributed by atoms with Crippen molar-refractivity contribution in [2.75, 3.05) is 0 Å². The fourth-order valence-electron chi connectivity index (χ4n) is 7.64. The van der Waals surface area contributed by atoms with Gasteiger partial charge in [0.05, 0.1) is 12.2 Å². The largest absolute Gasteiger partial charge is 0.344 e. The van der Waals surface area contributed by atoms with Crippen molar-refractivity contribution in [2.45, 2.75) is 91.1 Å². The minimum atomic E-state index is -0.484. The molecule has 8 atom stereocenters. The second kappa shape index (κ2) is 5.95. The van der Waals surface area contributed by atoms with Gasteiger partial charge in [0.2, 0.25) is 0 Å². The molecule has 2 nitrogen and oxygen atoms in total. The van der Waals surface area contributed by atoms with E-state index in [2.05, 4.69) is 53.9 Å². The van der Waals surface area contributed by atoms with Crippen LogP contribution in [0.1, 0.15) is 73.1 Å². The molecule has 0 aromatic heterocycles. The number of hydrogen-bond acceptors (Lipinski definition) is 2. The molecule has 1 saturated heterocycles. The summed E-state index contributed by atoms with van der Waals surface area (Å²) in [4.78, 5) is 0. The Labute approximate surface area is 160 Å². The molecule has 0 spiro atoms. The van der Waals surface area contributed by atoms with Crippen LogP contribution >= 0.6 is 0 Å². The van der Waals surface area contributed by atoms with Gasteiger partial charge < -0.3 is 9.47 Å². The zero-order chi connectivity index (χ0) is 18.9. The average molecular weight is 359 g/mol. The van der Waals surface area contributed by atoms with E-state index in [-0.39, 0.29) is 17.6 Å². The van der Waals surface area contributed by atoms with Crippen molar-refractivity contribution < 1.29 is 9.47 Å². The Morgan fingerprint density at radius 3 is 2.42 bits per heavy atom. The topological polar surface area (TPSA) is 18.5 Å². The molecule has 0 radical (unpaired) electrons. The number of ether oxygens (including phenoxy) is 2. The van der Waals surface area contributed by atoms with E-state index in [1.807, 2.05) is 0 Å². The zero-order valence-electron chi connectivity index (χ0n) is 17.5. The smallest absolute Gasteiger partial charge is 0.163 e. The van der Waals surface area contributed by atoms with Crippen LogP contribution < -0.4 is 0 Å². The quantitative estimate of drug-likeness (QED) is 0.565. The lowest BCUT2D eigenvalue weighted by molar-refractivity contribution is -0.161. The first-order valence-electron chi connectivity index (χ1n) is 10.8. The Kier molecular flexibility index (Phi) is 4.29. The van der Waals surface area contributed by atoms with Gasteiger partial charge in [-0.2, -0.15) is 0 Å². The first-order chi connectivity index (χ1) is 12.2. The molecule has 3 saturated carbocycles. The van der Waals surface area contributed by atoms with Crippen molar-refractivity contribution in [3.05, 3.63) is 24.8 Å². The number of hydrogen-bond donors (Lipinski definition) is 0. The molecule has 4 fully saturated rings. The molecule has 0 aromatic rings. The van der Waals surface area contributed by atoms with Crippen molar-refractivity contribution in [3.63, 3.8) is 0 Å². The molecular formula is C24H38O2. The third-order valence-corrected chi connectivity index (χ3v) is 8.84. The van der Waals surface area contributed by atoms with Crippen LogP contribution in [0.15, 0.2) is 24.8 Å². The third kappa shape index (κ3) is 2.37. The summed E-state index contributed by atoms with van der Waals surface area (Å²) in [5.41, 5.74) is 2.05. The predicted octanol–water partition coefficient (Wildman–Crippen LogP) is 6.13. The SMILES string of the molecule is C=CC1[C@H]2OC(C)(C)O[C@@H]2C2C(CC[C@]3(C)C(=C)CCC23)[C@@]1(C)CCC. The molecule has 1 aliphatic heterocycles. The summed E-state index contributed by atoms with van der Waals surface area (Å²) in [6.45, 7) is 20.2. The number of rotatable bonds is 3. The Morgan fingerprint density at radius 1 is 1.08 bits per heavy atom. The summed E-state index contributed by atoms with van der Waals surface area (Å²) in [5, 5.41) is 0. The van der Waals surface area contributed by atoms with Crippen LogP contribution in [0.25, 0.3) is 0 Å². The van der Waals surface area contributed by atoms with Gasteiger partial charge in [-0.15, -0.1) is 6.58 Å². The normalized spacial score (nSPS) is 52.3. The van der Waals surface area contributed by atoms with E-state index in [4.69, 9.17) is 9.47 Å². The molecule has 0 amide bonds. The lowest BCUT2D eigenvalue weighted by Crippen LogP contribution is -2.61. The fourth-order valence-corrected chi connectivity index (χ4v) is 7.64. The van der Waals surface area contributed by atoms with Crippen molar-refractivity contribution in [1.29, 1.82) is 0 Å². The summed E-state index contributed by atoms with van der Waals surface area (Å²) in [5.74, 6) is 1.88. The van der Waals surface area contributed by atoms with Crippen LogP contribution in [0.5, 0.6) is 0 Å². The maximum Gasteiger partial charge on any atom is 0.163 e. The van der Waals surface area contributed by atoms with E-state index < -0.39 is 5.79 Å². The maximum atomic E-state index is 6.61. The highest BCUT2D eigenvalue weighted by molar-refractivity contribution is 5.24. The van der Waals surface area contributed by atoms with Gasteiger partial charge in [0, 0.05) is 5.92 Å². The van der Waals surface area contributed by atoms with Gasteiger partial charge in [0.25, 0.3) is 0 Å². The van der Waals surface area contributed by atoms with Gasteiger partial charge >= 0.3 is 0 Å². The van der Waals surface area contributed by atoms with E-state index in [0.717, 1.165) is 0 Å².